The molecule has 0 spiro atoms. The average molecular weight is 202 g/mol. The molecule has 0 aliphatic rings. The van der Waals surface area contributed by atoms with E-state index in [1.54, 1.807) is 31.2 Å². The van der Waals surface area contributed by atoms with E-state index in [1.165, 1.54) is 0 Å². The summed E-state index contributed by atoms with van der Waals surface area (Å²) in [6.07, 6.45) is 0. The van der Waals surface area contributed by atoms with Crippen LogP contribution in [0.5, 0.6) is 0 Å². The quantitative estimate of drug-likeness (QED) is 0.703. The average Bonchev–Trinajstić information content (AvgIpc) is 2.03. The van der Waals surface area contributed by atoms with Gasteiger partial charge in [0.2, 0.25) is 0 Å². The maximum absolute atomic E-state index is 12.3. The van der Waals surface area contributed by atoms with Crippen molar-refractivity contribution in [3.63, 3.8) is 0 Å². The third-order valence-electron chi connectivity index (χ3n) is 1.82. The Hall–Kier alpha value is -0.900. The molecule has 4 heteroatoms. The van der Waals surface area contributed by atoms with E-state index in [9.17, 15) is 12.3 Å². The summed E-state index contributed by atoms with van der Waals surface area (Å²) < 4.78 is 33.0. The summed E-state index contributed by atoms with van der Waals surface area (Å²) in [5, 5.41) is 0. The van der Waals surface area contributed by atoms with Gasteiger partial charge in [-0.05, 0) is 11.5 Å². The number of halogens is 1. The van der Waals surface area contributed by atoms with Crippen molar-refractivity contribution in [1.29, 1.82) is 0 Å². The van der Waals surface area contributed by atoms with Gasteiger partial charge in [-0.15, -0.1) is 3.89 Å². The Kier molecular flexibility index (Phi) is 3.03. The van der Waals surface area contributed by atoms with Gasteiger partial charge in [0.05, 0.1) is 5.75 Å². The number of hydrogen-bond acceptors (Lipinski definition) is 2. The third kappa shape index (κ3) is 3.55. The molecule has 72 valence electrons. The Morgan fingerprint density at radius 1 is 1.31 bits per heavy atom. The second kappa shape index (κ2) is 3.87. The van der Waals surface area contributed by atoms with E-state index in [0.29, 0.717) is 0 Å². The Bertz CT molecular complexity index is 358. The van der Waals surface area contributed by atoms with Crippen LogP contribution in [0.4, 0.5) is 3.89 Å². The van der Waals surface area contributed by atoms with Gasteiger partial charge in [-0.3, -0.25) is 0 Å². The molecule has 13 heavy (non-hydrogen) atoms. The SMILES string of the molecule is CC(CS(=O)(=O)F)c1ccccc1. The molecule has 0 aromatic heterocycles. The number of rotatable bonds is 3. The third-order valence-corrected chi connectivity index (χ3v) is 2.72. The first-order chi connectivity index (χ1) is 5.99. The zero-order chi connectivity index (χ0) is 9.90. The summed E-state index contributed by atoms with van der Waals surface area (Å²) in [6.45, 7) is 1.69. The standard InChI is InChI=1S/C9H11FO2S/c1-8(7-13(10,11)12)9-5-3-2-4-6-9/h2-6,8H,7H2,1H3. The minimum Gasteiger partial charge on any atom is -0.195 e. The maximum Gasteiger partial charge on any atom is 0.303 e. The highest BCUT2D eigenvalue weighted by Gasteiger charge is 2.14. The molecule has 1 atom stereocenters. The fourth-order valence-electron chi connectivity index (χ4n) is 1.18. The summed E-state index contributed by atoms with van der Waals surface area (Å²) in [5.74, 6) is -0.743. The fourth-order valence-corrected chi connectivity index (χ4v) is 1.97. The summed E-state index contributed by atoms with van der Waals surface area (Å²) >= 11 is 0. The Labute approximate surface area is 77.6 Å². The second-order valence-corrected chi connectivity index (χ2v) is 4.43. The van der Waals surface area contributed by atoms with Crippen molar-refractivity contribution in [2.75, 3.05) is 5.75 Å². The van der Waals surface area contributed by atoms with Crippen molar-refractivity contribution < 1.29 is 12.3 Å². The molecule has 0 amide bonds. The fraction of sp³-hybridized carbons (Fsp3) is 0.333. The highest BCUT2D eigenvalue weighted by Crippen LogP contribution is 2.16. The van der Waals surface area contributed by atoms with Crippen LogP contribution >= 0.6 is 0 Å². The molecule has 1 aromatic rings. The monoisotopic (exact) mass is 202 g/mol. The lowest BCUT2D eigenvalue weighted by Gasteiger charge is -2.07. The van der Waals surface area contributed by atoms with Crippen LogP contribution in [0.1, 0.15) is 18.4 Å². The van der Waals surface area contributed by atoms with Crippen LogP contribution in [-0.2, 0) is 10.2 Å². The number of benzene rings is 1. The first-order valence-corrected chi connectivity index (χ1v) is 5.51. The van der Waals surface area contributed by atoms with E-state index in [1.807, 2.05) is 6.07 Å². The van der Waals surface area contributed by atoms with Gasteiger partial charge in [0.25, 0.3) is 0 Å². The maximum atomic E-state index is 12.3. The lowest BCUT2D eigenvalue weighted by atomic mass is 10.0. The molecular formula is C9H11FO2S. The summed E-state index contributed by atoms with van der Waals surface area (Å²) in [7, 11) is -4.37. The second-order valence-electron chi connectivity index (χ2n) is 3.02. The van der Waals surface area contributed by atoms with Crippen molar-refractivity contribution in [1.82, 2.24) is 0 Å². The van der Waals surface area contributed by atoms with Gasteiger partial charge in [0.1, 0.15) is 0 Å². The van der Waals surface area contributed by atoms with E-state index in [-0.39, 0.29) is 5.92 Å². The van der Waals surface area contributed by atoms with Gasteiger partial charge in [0, 0.05) is 0 Å². The van der Waals surface area contributed by atoms with Crippen LogP contribution < -0.4 is 0 Å². The zero-order valence-electron chi connectivity index (χ0n) is 7.27. The lowest BCUT2D eigenvalue weighted by molar-refractivity contribution is 0.546. The van der Waals surface area contributed by atoms with Crippen LogP contribution in [-0.4, -0.2) is 14.2 Å². The summed E-state index contributed by atoms with van der Waals surface area (Å²) in [5.41, 5.74) is 0.837. The van der Waals surface area contributed by atoms with Gasteiger partial charge < -0.3 is 0 Å². The van der Waals surface area contributed by atoms with Crippen LogP contribution in [0.25, 0.3) is 0 Å². The largest absolute Gasteiger partial charge is 0.303 e. The van der Waals surface area contributed by atoms with Gasteiger partial charge in [-0.25, -0.2) is 0 Å². The van der Waals surface area contributed by atoms with E-state index in [0.717, 1.165) is 5.56 Å². The van der Waals surface area contributed by atoms with Crippen molar-refractivity contribution in [3.05, 3.63) is 35.9 Å². The zero-order valence-corrected chi connectivity index (χ0v) is 8.09. The highest BCUT2D eigenvalue weighted by molar-refractivity contribution is 7.86. The minimum absolute atomic E-state index is 0.295. The molecular weight excluding hydrogens is 191 g/mol. The lowest BCUT2D eigenvalue weighted by Crippen LogP contribution is -2.07. The number of hydrogen-bond donors (Lipinski definition) is 0. The molecule has 0 heterocycles. The minimum atomic E-state index is -4.37. The molecule has 1 rings (SSSR count). The Morgan fingerprint density at radius 3 is 2.31 bits per heavy atom. The molecule has 0 bridgehead atoms. The molecule has 0 saturated heterocycles. The highest BCUT2D eigenvalue weighted by atomic mass is 32.3. The molecule has 0 aliphatic heterocycles. The van der Waals surface area contributed by atoms with Gasteiger partial charge >= 0.3 is 10.2 Å². The first-order valence-electron chi connectivity index (χ1n) is 3.96. The Balaban J connectivity index is 2.76. The predicted molar refractivity (Wildman–Crippen MR) is 49.8 cm³/mol. The van der Waals surface area contributed by atoms with Crippen LogP contribution in [0.15, 0.2) is 30.3 Å². The molecule has 0 fully saturated rings. The van der Waals surface area contributed by atoms with Gasteiger partial charge in [0.15, 0.2) is 0 Å². The molecule has 1 unspecified atom stereocenters. The predicted octanol–water partition coefficient (Wildman–Crippen LogP) is 2.09. The first kappa shape index (κ1) is 10.2. The molecule has 0 aliphatic carbocycles. The molecule has 2 nitrogen and oxygen atoms in total. The molecule has 1 aromatic carbocycles. The Morgan fingerprint density at radius 2 is 1.85 bits per heavy atom. The molecule has 0 N–H and O–H groups in total. The summed E-state index contributed by atoms with van der Waals surface area (Å²) in [6, 6.07) is 9.01. The van der Waals surface area contributed by atoms with Crippen molar-refractivity contribution in [2.24, 2.45) is 0 Å². The van der Waals surface area contributed by atoms with E-state index in [4.69, 9.17) is 0 Å². The normalized spacial score (nSPS) is 14.0. The van der Waals surface area contributed by atoms with Crippen LogP contribution in [0, 0.1) is 0 Å². The smallest absolute Gasteiger partial charge is 0.195 e. The molecule has 0 saturated carbocycles. The van der Waals surface area contributed by atoms with Crippen LogP contribution in [0.2, 0.25) is 0 Å². The van der Waals surface area contributed by atoms with Crippen molar-refractivity contribution in [2.45, 2.75) is 12.8 Å². The van der Waals surface area contributed by atoms with E-state index < -0.39 is 16.0 Å². The van der Waals surface area contributed by atoms with Crippen LogP contribution in [0.3, 0.4) is 0 Å². The van der Waals surface area contributed by atoms with E-state index in [2.05, 4.69) is 0 Å². The van der Waals surface area contributed by atoms with Gasteiger partial charge in [-0.1, -0.05) is 37.3 Å². The van der Waals surface area contributed by atoms with E-state index >= 15 is 0 Å². The van der Waals surface area contributed by atoms with Crippen molar-refractivity contribution >= 4 is 10.2 Å². The molecule has 0 radical (unpaired) electrons. The van der Waals surface area contributed by atoms with Crippen molar-refractivity contribution in [3.8, 4) is 0 Å². The topological polar surface area (TPSA) is 34.1 Å². The summed E-state index contributed by atoms with van der Waals surface area (Å²) in [4.78, 5) is 0. The van der Waals surface area contributed by atoms with Gasteiger partial charge in [-0.2, -0.15) is 8.42 Å².